The molecule has 5 N–H and O–H groups in total. The Morgan fingerprint density at radius 2 is 1.73 bits per heavy atom. The Morgan fingerprint density at radius 3 is 2.32 bits per heavy atom. The highest BCUT2D eigenvalue weighted by Gasteiger charge is 2.59. The monoisotopic (exact) mass is 923 g/mol. The van der Waals surface area contributed by atoms with Gasteiger partial charge in [0.05, 0.1) is 6.54 Å². The normalized spacial score (nSPS) is 24.7. The Morgan fingerprint density at radius 1 is 1.08 bits per heavy atom. The number of carbonyl (C=O) groups excluding carboxylic acids is 7. The molecule has 7 amide bonds. The molecule has 348 valence electrons. The second-order valence-corrected chi connectivity index (χ2v) is 18.0. The van der Waals surface area contributed by atoms with Crippen molar-refractivity contribution in [3.63, 3.8) is 0 Å². The summed E-state index contributed by atoms with van der Waals surface area (Å²) < 4.78 is 55.3. The van der Waals surface area contributed by atoms with Gasteiger partial charge in [0.25, 0.3) is 5.91 Å². The van der Waals surface area contributed by atoms with Crippen molar-refractivity contribution >= 4 is 64.6 Å². The standard InChI is InChI=1S/C41H59Cl2F4N7O8/c1-9-12-27(49-33(56)31-20-25(44)21-54(31)38(61)40(6,62)41(45,46)47)35(58)52(7)29-13-10-11-16-48-37(60)39(4,5)51-34(57)30(19-23-18-24(42)14-15-26(23)43)53(8)36(59)28(17-22(2)3)50-32(29)55/h14-15,18,22,25,27-31,62H,9-13,16-17,19-21H2,1-8H3,(H,48,60)(H,49,56)(H,50,55)(H,51,57)/t25-,27+,28+,29+,30+,31+,40-/m1/s1. The maximum absolute atomic E-state index is 14.6. The molecule has 2 fully saturated rings. The van der Waals surface area contributed by atoms with E-state index in [4.69, 9.17) is 23.2 Å². The number of amides is 7. The average Bonchev–Trinajstić information content (AvgIpc) is 3.57. The molecule has 0 radical (unpaired) electrons. The van der Waals surface area contributed by atoms with Gasteiger partial charge in [0.2, 0.25) is 41.0 Å². The molecule has 2 saturated heterocycles. The van der Waals surface area contributed by atoms with Crippen molar-refractivity contribution in [2.24, 2.45) is 5.92 Å². The number of rotatable bonds is 11. The second kappa shape index (κ2) is 21.4. The molecule has 2 heterocycles. The first kappa shape index (κ1) is 52.1. The molecule has 0 spiro atoms. The average molecular weight is 925 g/mol. The number of aliphatic hydroxyl groups is 1. The minimum absolute atomic E-state index is 0.00610. The summed E-state index contributed by atoms with van der Waals surface area (Å²) in [6.07, 6.45) is -7.24. The molecule has 0 bridgehead atoms. The summed E-state index contributed by atoms with van der Waals surface area (Å²) in [5.41, 5.74) is -4.94. The van der Waals surface area contributed by atoms with Crippen LogP contribution in [-0.2, 0) is 40.0 Å². The summed E-state index contributed by atoms with van der Waals surface area (Å²) in [6, 6.07) is -2.33. The number of alkyl halides is 4. The van der Waals surface area contributed by atoms with Crippen LogP contribution in [0.15, 0.2) is 18.2 Å². The minimum atomic E-state index is -5.44. The van der Waals surface area contributed by atoms with E-state index in [-0.39, 0.29) is 62.9 Å². The maximum Gasteiger partial charge on any atom is 0.426 e. The Balaban J connectivity index is 2.00. The number of likely N-dealkylation sites (tertiary alicyclic amines) is 1. The van der Waals surface area contributed by atoms with E-state index in [1.165, 1.54) is 34.0 Å². The Kier molecular flexibility index (Phi) is 18.0. The molecular formula is C41H59Cl2F4N7O8. The van der Waals surface area contributed by atoms with Gasteiger partial charge in [0.1, 0.15) is 41.9 Å². The number of carbonyl (C=O) groups is 7. The van der Waals surface area contributed by atoms with Crippen LogP contribution in [-0.4, -0.2) is 142 Å². The lowest BCUT2D eigenvalue weighted by molar-refractivity contribution is -0.250. The van der Waals surface area contributed by atoms with Gasteiger partial charge < -0.3 is 41.1 Å². The largest absolute Gasteiger partial charge is 0.426 e. The molecule has 1 aromatic carbocycles. The van der Waals surface area contributed by atoms with E-state index in [0.29, 0.717) is 21.9 Å². The lowest BCUT2D eigenvalue weighted by Crippen LogP contribution is -2.62. The molecule has 0 unspecified atom stereocenters. The zero-order chi connectivity index (χ0) is 47.1. The highest BCUT2D eigenvalue weighted by Crippen LogP contribution is 2.34. The SMILES string of the molecule is CCC[C@H](NC(=O)[C@@H]1C[C@@H](F)CN1C(=O)[C@@](C)(O)C(F)(F)F)C(=O)N(C)[C@H]1CCCCNC(=O)C(C)(C)NC(=O)[C@H](Cc2cc(Cl)ccc2Cl)N(C)C(=O)[C@H](CC(C)C)NC1=O. The van der Waals surface area contributed by atoms with E-state index < -0.39 is 108 Å². The number of hydrogen-bond donors (Lipinski definition) is 5. The van der Waals surface area contributed by atoms with Crippen molar-refractivity contribution in [2.75, 3.05) is 27.2 Å². The zero-order valence-corrected chi connectivity index (χ0v) is 37.8. The predicted octanol–water partition coefficient (Wildman–Crippen LogP) is 3.45. The molecule has 0 aliphatic carbocycles. The smallest absolute Gasteiger partial charge is 0.373 e. The van der Waals surface area contributed by atoms with Crippen LogP contribution in [0.2, 0.25) is 10.0 Å². The Hall–Kier alpha value is -4.23. The van der Waals surface area contributed by atoms with Crippen LogP contribution in [0.1, 0.15) is 92.1 Å². The number of benzene rings is 1. The van der Waals surface area contributed by atoms with Gasteiger partial charge in [-0.15, -0.1) is 0 Å². The lowest BCUT2D eigenvalue weighted by Gasteiger charge is -2.36. The summed E-state index contributed by atoms with van der Waals surface area (Å²) in [6.45, 7) is 7.72. The first-order chi connectivity index (χ1) is 28.6. The fourth-order valence-corrected chi connectivity index (χ4v) is 7.77. The third-order valence-electron chi connectivity index (χ3n) is 11.1. The highest BCUT2D eigenvalue weighted by molar-refractivity contribution is 6.33. The second-order valence-electron chi connectivity index (χ2n) is 17.2. The van der Waals surface area contributed by atoms with Crippen LogP contribution >= 0.6 is 23.2 Å². The number of halogens is 6. The molecule has 62 heavy (non-hydrogen) atoms. The van der Waals surface area contributed by atoms with Gasteiger partial charge in [-0.05, 0) is 82.6 Å². The molecule has 0 saturated carbocycles. The van der Waals surface area contributed by atoms with E-state index >= 15 is 0 Å². The van der Waals surface area contributed by atoms with Crippen LogP contribution < -0.4 is 21.3 Å². The van der Waals surface area contributed by atoms with Crippen LogP contribution in [0, 0.1) is 5.92 Å². The molecule has 2 aliphatic heterocycles. The third-order valence-corrected chi connectivity index (χ3v) is 11.7. The Labute approximate surface area is 369 Å². The van der Waals surface area contributed by atoms with E-state index in [9.17, 15) is 56.2 Å². The van der Waals surface area contributed by atoms with E-state index in [2.05, 4.69) is 21.3 Å². The molecule has 21 heteroatoms. The summed E-state index contributed by atoms with van der Waals surface area (Å²) >= 11 is 12.7. The predicted molar refractivity (Wildman–Crippen MR) is 222 cm³/mol. The van der Waals surface area contributed by atoms with Crippen LogP contribution in [0.5, 0.6) is 0 Å². The molecule has 1 aromatic rings. The summed E-state index contributed by atoms with van der Waals surface area (Å²) in [5, 5.41) is 21.3. The van der Waals surface area contributed by atoms with Gasteiger partial charge in [0.15, 0.2) is 0 Å². The fourth-order valence-electron chi connectivity index (χ4n) is 7.38. The maximum atomic E-state index is 14.6. The number of hydrogen-bond acceptors (Lipinski definition) is 8. The van der Waals surface area contributed by atoms with Gasteiger partial charge in [-0.3, -0.25) is 33.6 Å². The number of nitrogens with one attached hydrogen (secondary N) is 4. The zero-order valence-electron chi connectivity index (χ0n) is 36.3. The van der Waals surface area contributed by atoms with Gasteiger partial charge in [-0.25, -0.2) is 4.39 Å². The first-order valence-electron chi connectivity index (χ1n) is 20.6. The molecule has 3 rings (SSSR count). The topological polar surface area (TPSA) is 198 Å². The van der Waals surface area contributed by atoms with Crippen molar-refractivity contribution in [1.82, 2.24) is 36.0 Å². The molecular weight excluding hydrogens is 865 g/mol. The van der Waals surface area contributed by atoms with E-state index in [1.54, 1.807) is 19.1 Å². The quantitative estimate of drug-likeness (QED) is 0.208. The van der Waals surface area contributed by atoms with Crippen LogP contribution in [0.25, 0.3) is 0 Å². The number of likely N-dealkylation sites (N-methyl/N-ethyl adjacent to an activating group) is 2. The Bertz CT molecular complexity index is 1840. The lowest BCUT2D eigenvalue weighted by atomic mass is 9.97. The van der Waals surface area contributed by atoms with Gasteiger partial charge in [-0.1, -0.05) is 50.4 Å². The third kappa shape index (κ3) is 12.9. The van der Waals surface area contributed by atoms with Gasteiger partial charge in [0, 0.05) is 43.5 Å². The van der Waals surface area contributed by atoms with Crippen molar-refractivity contribution in [3.05, 3.63) is 33.8 Å². The van der Waals surface area contributed by atoms with Gasteiger partial charge in [-0.2, -0.15) is 13.2 Å². The number of nitrogens with zero attached hydrogens (tertiary/aromatic N) is 3. The molecule has 7 atom stereocenters. The first-order valence-corrected chi connectivity index (χ1v) is 21.3. The fraction of sp³-hybridized carbons (Fsp3) is 0.683. The van der Waals surface area contributed by atoms with Crippen LogP contribution in [0.4, 0.5) is 17.6 Å². The van der Waals surface area contributed by atoms with E-state index in [0.717, 1.165) is 9.80 Å². The van der Waals surface area contributed by atoms with Crippen molar-refractivity contribution in [2.45, 2.75) is 147 Å². The van der Waals surface area contributed by atoms with Crippen molar-refractivity contribution < 1.29 is 56.2 Å². The molecule has 2 aliphatic rings. The highest BCUT2D eigenvalue weighted by atomic mass is 35.5. The van der Waals surface area contributed by atoms with Crippen molar-refractivity contribution in [1.29, 1.82) is 0 Å². The summed E-state index contributed by atoms with van der Waals surface area (Å²) in [4.78, 5) is 99.4. The summed E-state index contributed by atoms with van der Waals surface area (Å²) in [5.74, 6) is -6.70. The summed E-state index contributed by atoms with van der Waals surface area (Å²) in [7, 11) is 2.67. The van der Waals surface area contributed by atoms with E-state index in [1.807, 2.05) is 13.8 Å². The molecule has 15 nitrogen and oxygen atoms in total. The van der Waals surface area contributed by atoms with Crippen LogP contribution in [0.3, 0.4) is 0 Å². The van der Waals surface area contributed by atoms with Gasteiger partial charge >= 0.3 is 6.18 Å². The minimum Gasteiger partial charge on any atom is -0.373 e. The molecule has 0 aromatic heterocycles. The van der Waals surface area contributed by atoms with Crippen molar-refractivity contribution in [3.8, 4) is 0 Å².